The van der Waals surface area contributed by atoms with Gasteiger partial charge in [-0.05, 0) is 20.8 Å². The molecule has 0 saturated heterocycles. The predicted molar refractivity (Wildman–Crippen MR) is 147 cm³/mol. The summed E-state index contributed by atoms with van der Waals surface area (Å²) in [4.78, 5) is 47.2. The Balaban J connectivity index is 0.000000221. The number of carbonyl (C=O) groups is 4. The molecule has 5 nitrogen and oxygen atoms in total. The van der Waals surface area contributed by atoms with Crippen molar-refractivity contribution in [2.45, 2.75) is 26.3 Å². The highest BCUT2D eigenvalue weighted by atomic mass is 16.2. The maximum absolute atomic E-state index is 11.8. The Labute approximate surface area is 218 Å². The van der Waals surface area contributed by atoms with E-state index >= 15 is 0 Å². The highest BCUT2D eigenvalue weighted by molar-refractivity contribution is 6.49. The van der Waals surface area contributed by atoms with Crippen molar-refractivity contribution in [1.29, 1.82) is 0 Å². The van der Waals surface area contributed by atoms with E-state index in [9.17, 15) is 19.2 Å². The SMILES string of the molecule is CC(C)(C)N.O=C(C(=O)c1ccccc1)c1ccccc1.O=C(C(=O)c1ccccc1)c1ccccc1. The first-order valence-corrected chi connectivity index (χ1v) is 11.7. The highest BCUT2D eigenvalue weighted by Crippen LogP contribution is 2.08. The topological polar surface area (TPSA) is 94.3 Å². The average Bonchev–Trinajstić information content (AvgIpc) is 2.93. The summed E-state index contributed by atoms with van der Waals surface area (Å²) in [6.07, 6.45) is 0. The van der Waals surface area contributed by atoms with Gasteiger partial charge in [-0.2, -0.15) is 0 Å². The molecule has 0 heterocycles. The van der Waals surface area contributed by atoms with Crippen molar-refractivity contribution >= 4 is 23.1 Å². The largest absolute Gasteiger partial charge is 0.326 e. The minimum Gasteiger partial charge on any atom is -0.326 e. The van der Waals surface area contributed by atoms with Crippen LogP contribution in [0.15, 0.2) is 121 Å². The first-order valence-electron chi connectivity index (χ1n) is 11.7. The van der Waals surface area contributed by atoms with Crippen LogP contribution in [0, 0.1) is 0 Å². The third kappa shape index (κ3) is 10.3. The molecule has 0 spiro atoms. The predicted octanol–water partition coefficient (Wildman–Crippen LogP) is 6.25. The van der Waals surface area contributed by atoms with Gasteiger partial charge in [-0.25, -0.2) is 0 Å². The van der Waals surface area contributed by atoms with Crippen LogP contribution in [0.4, 0.5) is 0 Å². The Hall–Kier alpha value is -4.48. The van der Waals surface area contributed by atoms with Crippen LogP contribution in [0.1, 0.15) is 62.2 Å². The second kappa shape index (κ2) is 14.2. The van der Waals surface area contributed by atoms with Crippen molar-refractivity contribution in [3.8, 4) is 0 Å². The van der Waals surface area contributed by atoms with Crippen LogP contribution < -0.4 is 5.73 Å². The molecule has 37 heavy (non-hydrogen) atoms. The summed E-state index contributed by atoms with van der Waals surface area (Å²) in [5.74, 6) is -1.86. The van der Waals surface area contributed by atoms with Crippen molar-refractivity contribution in [2.24, 2.45) is 5.73 Å². The molecule has 0 fully saturated rings. The summed E-state index contributed by atoms with van der Waals surface area (Å²) >= 11 is 0. The van der Waals surface area contributed by atoms with Crippen molar-refractivity contribution in [3.63, 3.8) is 0 Å². The van der Waals surface area contributed by atoms with Crippen molar-refractivity contribution in [1.82, 2.24) is 0 Å². The number of ketones is 4. The summed E-state index contributed by atoms with van der Waals surface area (Å²) in [6, 6.07) is 34.3. The van der Waals surface area contributed by atoms with Gasteiger partial charge in [0.2, 0.25) is 23.1 Å². The van der Waals surface area contributed by atoms with Gasteiger partial charge in [-0.1, -0.05) is 121 Å². The second-order valence-electron chi connectivity index (χ2n) is 9.15. The van der Waals surface area contributed by atoms with Gasteiger partial charge in [0.25, 0.3) is 0 Å². The second-order valence-corrected chi connectivity index (χ2v) is 9.15. The normalized spacial score (nSPS) is 10.1. The molecule has 4 rings (SSSR count). The quantitative estimate of drug-likeness (QED) is 0.253. The van der Waals surface area contributed by atoms with Crippen molar-refractivity contribution in [2.75, 3.05) is 0 Å². The lowest BCUT2D eigenvalue weighted by atomic mass is 10.0. The van der Waals surface area contributed by atoms with E-state index in [1.807, 2.05) is 45.0 Å². The van der Waals surface area contributed by atoms with Crippen LogP contribution in [0.3, 0.4) is 0 Å². The number of hydrogen-bond acceptors (Lipinski definition) is 5. The first-order chi connectivity index (χ1) is 17.6. The molecule has 2 N–H and O–H groups in total. The summed E-state index contributed by atoms with van der Waals surface area (Å²) in [6.45, 7) is 5.90. The zero-order valence-electron chi connectivity index (χ0n) is 21.3. The summed E-state index contributed by atoms with van der Waals surface area (Å²) in [5.41, 5.74) is 7.06. The zero-order chi connectivity index (χ0) is 27.3. The van der Waals surface area contributed by atoms with E-state index in [4.69, 9.17) is 5.73 Å². The molecular formula is C32H31NO4. The van der Waals surface area contributed by atoms with Crippen LogP contribution in [0.2, 0.25) is 0 Å². The lowest BCUT2D eigenvalue weighted by molar-refractivity contribution is 0.0817. The van der Waals surface area contributed by atoms with Crippen LogP contribution in [0.5, 0.6) is 0 Å². The maximum atomic E-state index is 11.8. The average molecular weight is 494 g/mol. The van der Waals surface area contributed by atoms with Gasteiger partial charge in [-0.3, -0.25) is 19.2 Å². The van der Waals surface area contributed by atoms with Gasteiger partial charge in [0.15, 0.2) is 0 Å². The molecular weight excluding hydrogens is 462 g/mol. The van der Waals surface area contributed by atoms with Gasteiger partial charge in [0.1, 0.15) is 0 Å². The molecule has 0 bridgehead atoms. The molecule has 188 valence electrons. The number of Topliss-reactive ketones (excluding diaryl/α,β-unsaturated/α-hetero) is 4. The fraction of sp³-hybridized carbons (Fsp3) is 0.125. The standard InChI is InChI=1S/2C14H10O2.C4H11N/c2*15-13(11-7-3-1-4-8-11)14(16)12-9-5-2-6-10-12;1-4(2,3)5/h2*1-10H;5H2,1-3H3. The van der Waals surface area contributed by atoms with Gasteiger partial charge in [-0.15, -0.1) is 0 Å². The first kappa shape index (κ1) is 28.8. The molecule has 0 saturated carbocycles. The molecule has 0 atom stereocenters. The number of hydrogen-bond donors (Lipinski definition) is 1. The van der Waals surface area contributed by atoms with E-state index in [2.05, 4.69) is 0 Å². The van der Waals surface area contributed by atoms with E-state index in [0.717, 1.165) is 0 Å². The summed E-state index contributed by atoms with van der Waals surface area (Å²) in [5, 5.41) is 0. The fourth-order valence-electron chi connectivity index (χ4n) is 2.88. The third-order valence-corrected chi connectivity index (χ3v) is 4.56. The van der Waals surface area contributed by atoms with E-state index in [1.165, 1.54) is 0 Å². The molecule has 4 aromatic carbocycles. The zero-order valence-corrected chi connectivity index (χ0v) is 21.3. The number of rotatable bonds is 6. The van der Waals surface area contributed by atoms with Crippen LogP contribution in [0.25, 0.3) is 0 Å². The number of benzene rings is 4. The van der Waals surface area contributed by atoms with Crippen LogP contribution in [-0.2, 0) is 0 Å². The minimum atomic E-state index is -0.466. The smallest absolute Gasteiger partial charge is 0.233 e. The summed E-state index contributed by atoms with van der Waals surface area (Å²) < 4.78 is 0. The molecule has 0 aliphatic heterocycles. The van der Waals surface area contributed by atoms with Gasteiger partial charge < -0.3 is 5.73 Å². The third-order valence-electron chi connectivity index (χ3n) is 4.56. The Morgan fingerprint density at radius 1 is 0.405 bits per heavy atom. The number of nitrogens with two attached hydrogens (primary N) is 1. The van der Waals surface area contributed by atoms with Crippen LogP contribution >= 0.6 is 0 Å². The Kier molecular flexibility index (Phi) is 11.0. The maximum Gasteiger partial charge on any atom is 0.233 e. The molecule has 0 amide bonds. The molecule has 0 radical (unpaired) electrons. The Bertz CT molecular complexity index is 1090. The number of carbonyl (C=O) groups excluding carboxylic acids is 4. The summed E-state index contributed by atoms with van der Waals surface area (Å²) in [7, 11) is 0. The fourth-order valence-corrected chi connectivity index (χ4v) is 2.88. The molecule has 5 heteroatoms. The highest BCUT2D eigenvalue weighted by Gasteiger charge is 2.18. The van der Waals surface area contributed by atoms with E-state index < -0.39 is 23.1 Å². The Morgan fingerprint density at radius 3 is 0.676 bits per heavy atom. The molecule has 4 aromatic rings. The molecule has 0 aromatic heterocycles. The molecule has 0 unspecified atom stereocenters. The van der Waals surface area contributed by atoms with Gasteiger partial charge in [0.05, 0.1) is 0 Å². The molecule has 0 aliphatic carbocycles. The minimum absolute atomic E-state index is 0. The Morgan fingerprint density at radius 2 is 0.541 bits per heavy atom. The van der Waals surface area contributed by atoms with E-state index in [-0.39, 0.29) is 5.54 Å². The van der Waals surface area contributed by atoms with E-state index in [1.54, 1.807) is 97.1 Å². The monoisotopic (exact) mass is 493 g/mol. The lowest BCUT2D eigenvalue weighted by Gasteiger charge is -2.06. The van der Waals surface area contributed by atoms with Gasteiger partial charge >= 0.3 is 0 Å². The molecule has 0 aliphatic rings. The van der Waals surface area contributed by atoms with E-state index in [0.29, 0.717) is 22.3 Å². The van der Waals surface area contributed by atoms with Gasteiger partial charge in [0, 0.05) is 27.8 Å². The van der Waals surface area contributed by atoms with Crippen LogP contribution in [-0.4, -0.2) is 28.7 Å². The van der Waals surface area contributed by atoms with Crippen molar-refractivity contribution in [3.05, 3.63) is 144 Å². The lowest BCUT2D eigenvalue weighted by Crippen LogP contribution is -2.26. The van der Waals surface area contributed by atoms with Crippen molar-refractivity contribution < 1.29 is 19.2 Å².